The molecule has 0 unspecified atom stereocenters. The summed E-state index contributed by atoms with van der Waals surface area (Å²) in [5, 5.41) is 5.18. The minimum Gasteiger partial charge on any atom is -0.444 e. The fourth-order valence-electron chi connectivity index (χ4n) is 2.70. The lowest BCUT2D eigenvalue weighted by Crippen LogP contribution is -2.40. The Hall–Kier alpha value is -2.17. The fourth-order valence-corrected chi connectivity index (χ4v) is 4.36. The number of rotatable bonds is 6. The van der Waals surface area contributed by atoms with E-state index in [-0.39, 0.29) is 23.8 Å². The molecule has 0 aliphatic carbocycles. The molecule has 1 aromatic rings. The van der Waals surface area contributed by atoms with Gasteiger partial charge in [-0.3, -0.25) is 4.79 Å². The van der Waals surface area contributed by atoms with Crippen LogP contribution in [0.25, 0.3) is 0 Å². The van der Waals surface area contributed by atoms with Crippen molar-refractivity contribution in [3.8, 4) is 0 Å². The number of nitrogens with zero attached hydrogens (tertiary/aromatic N) is 1. The Kier molecular flexibility index (Phi) is 7.61. The highest BCUT2D eigenvalue weighted by atomic mass is 32.2. The number of amides is 2. The SMILES string of the molecule is Cc1ccc(NC(=O)CCNC(=O)OC(C)(C)C)cc1S(=O)(=O)N1CCOCC1. The molecule has 9 nitrogen and oxygen atoms in total. The quantitative estimate of drug-likeness (QED) is 0.716. The normalized spacial score (nSPS) is 15.6. The maximum Gasteiger partial charge on any atom is 0.407 e. The lowest BCUT2D eigenvalue weighted by molar-refractivity contribution is -0.116. The lowest BCUT2D eigenvalue weighted by atomic mass is 10.2. The maximum atomic E-state index is 12.9. The molecule has 0 bridgehead atoms. The Morgan fingerprint density at radius 3 is 2.48 bits per heavy atom. The molecule has 1 heterocycles. The Morgan fingerprint density at radius 1 is 1.21 bits per heavy atom. The Balaban J connectivity index is 1.97. The number of carbonyl (C=O) groups is 2. The van der Waals surface area contributed by atoms with Crippen LogP contribution in [0, 0.1) is 6.92 Å². The molecule has 1 aliphatic heterocycles. The molecule has 0 aromatic heterocycles. The van der Waals surface area contributed by atoms with Crippen molar-refractivity contribution in [2.75, 3.05) is 38.2 Å². The second-order valence-electron chi connectivity index (χ2n) is 7.72. The Labute approximate surface area is 171 Å². The van der Waals surface area contributed by atoms with Crippen molar-refractivity contribution in [1.29, 1.82) is 0 Å². The molecule has 0 saturated carbocycles. The van der Waals surface area contributed by atoms with Crippen molar-refractivity contribution in [3.05, 3.63) is 23.8 Å². The number of alkyl carbamates (subject to hydrolysis) is 1. The van der Waals surface area contributed by atoms with Crippen LogP contribution in [0.2, 0.25) is 0 Å². The molecule has 10 heteroatoms. The molecule has 1 saturated heterocycles. The largest absolute Gasteiger partial charge is 0.444 e. The topological polar surface area (TPSA) is 114 Å². The van der Waals surface area contributed by atoms with Gasteiger partial charge in [-0.05, 0) is 45.4 Å². The number of ether oxygens (including phenoxy) is 2. The minimum absolute atomic E-state index is 0.0265. The zero-order valence-corrected chi connectivity index (χ0v) is 18.1. The summed E-state index contributed by atoms with van der Waals surface area (Å²) < 4.78 is 37.5. The number of benzene rings is 1. The molecular formula is C19H29N3O6S. The summed E-state index contributed by atoms with van der Waals surface area (Å²) in [5.41, 5.74) is 0.363. The molecule has 0 radical (unpaired) electrons. The number of aryl methyl sites for hydroxylation is 1. The van der Waals surface area contributed by atoms with E-state index in [9.17, 15) is 18.0 Å². The summed E-state index contributed by atoms with van der Waals surface area (Å²) in [6.45, 7) is 8.38. The number of nitrogens with one attached hydrogen (secondary N) is 2. The Morgan fingerprint density at radius 2 is 1.86 bits per heavy atom. The average molecular weight is 428 g/mol. The van der Waals surface area contributed by atoms with Crippen LogP contribution in [0.1, 0.15) is 32.8 Å². The van der Waals surface area contributed by atoms with E-state index in [1.54, 1.807) is 39.8 Å². The summed E-state index contributed by atoms with van der Waals surface area (Å²) in [4.78, 5) is 23.9. The van der Waals surface area contributed by atoms with Gasteiger partial charge in [-0.15, -0.1) is 0 Å². The van der Waals surface area contributed by atoms with Gasteiger partial charge in [0.1, 0.15) is 5.60 Å². The van der Waals surface area contributed by atoms with Gasteiger partial charge in [-0.1, -0.05) is 6.07 Å². The highest BCUT2D eigenvalue weighted by Gasteiger charge is 2.28. The van der Waals surface area contributed by atoms with Crippen LogP contribution in [0.5, 0.6) is 0 Å². The number of morpholine rings is 1. The minimum atomic E-state index is -3.67. The predicted molar refractivity (Wildman–Crippen MR) is 108 cm³/mol. The van der Waals surface area contributed by atoms with E-state index in [1.165, 1.54) is 10.4 Å². The molecule has 2 rings (SSSR count). The number of anilines is 1. The van der Waals surface area contributed by atoms with E-state index in [0.717, 1.165) is 0 Å². The first-order valence-corrected chi connectivity index (χ1v) is 10.9. The van der Waals surface area contributed by atoms with Crippen molar-refractivity contribution in [1.82, 2.24) is 9.62 Å². The molecular weight excluding hydrogens is 398 g/mol. The van der Waals surface area contributed by atoms with Crippen LogP contribution in [0.3, 0.4) is 0 Å². The third-order valence-corrected chi connectivity index (χ3v) is 6.12. The highest BCUT2D eigenvalue weighted by Crippen LogP contribution is 2.24. The maximum absolute atomic E-state index is 12.9. The first-order chi connectivity index (χ1) is 13.5. The van der Waals surface area contributed by atoms with Crippen molar-refractivity contribution < 1.29 is 27.5 Å². The van der Waals surface area contributed by atoms with Gasteiger partial charge in [0.25, 0.3) is 0 Å². The number of sulfonamides is 1. The van der Waals surface area contributed by atoms with Gasteiger partial charge < -0.3 is 20.1 Å². The zero-order chi connectivity index (χ0) is 21.7. The van der Waals surface area contributed by atoms with Gasteiger partial charge in [0.15, 0.2) is 0 Å². The van der Waals surface area contributed by atoms with E-state index in [4.69, 9.17) is 9.47 Å². The van der Waals surface area contributed by atoms with Crippen molar-refractivity contribution >= 4 is 27.7 Å². The van der Waals surface area contributed by atoms with Crippen LogP contribution in [-0.2, 0) is 24.3 Å². The number of hydrogen-bond acceptors (Lipinski definition) is 6. The third kappa shape index (κ3) is 6.98. The number of hydrogen-bond donors (Lipinski definition) is 2. The van der Waals surface area contributed by atoms with Crippen LogP contribution in [0.15, 0.2) is 23.1 Å². The van der Waals surface area contributed by atoms with E-state index in [0.29, 0.717) is 37.6 Å². The van der Waals surface area contributed by atoms with Gasteiger partial charge in [-0.25, -0.2) is 13.2 Å². The van der Waals surface area contributed by atoms with Crippen molar-refractivity contribution in [2.24, 2.45) is 0 Å². The van der Waals surface area contributed by atoms with Crippen LogP contribution < -0.4 is 10.6 Å². The van der Waals surface area contributed by atoms with Crippen LogP contribution >= 0.6 is 0 Å². The first-order valence-electron chi connectivity index (χ1n) is 9.44. The predicted octanol–water partition coefficient (Wildman–Crippen LogP) is 1.87. The molecule has 2 N–H and O–H groups in total. The van der Waals surface area contributed by atoms with Crippen LogP contribution in [0.4, 0.5) is 10.5 Å². The number of carbonyl (C=O) groups excluding carboxylic acids is 2. The fraction of sp³-hybridized carbons (Fsp3) is 0.579. The monoisotopic (exact) mass is 427 g/mol. The van der Waals surface area contributed by atoms with Gasteiger partial charge in [-0.2, -0.15) is 4.31 Å². The van der Waals surface area contributed by atoms with E-state index in [1.807, 2.05) is 0 Å². The second-order valence-corrected chi connectivity index (χ2v) is 9.63. The second kappa shape index (κ2) is 9.55. The standard InChI is InChI=1S/C19H29N3O6S/c1-14-5-6-15(13-16(14)29(25,26)22-9-11-27-12-10-22)21-17(23)7-8-20-18(24)28-19(2,3)4/h5-6,13H,7-12H2,1-4H3,(H,20,24)(H,21,23). The Bertz CT molecular complexity index is 842. The summed E-state index contributed by atoms with van der Waals surface area (Å²) in [6.07, 6.45) is -0.571. The van der Waals surface area contributed by atoms with Crippen LogP contribution in [-0.4, -0.2) is 63.2 Å². The summed E-state index contributed by atoms with van der Waals surface area (Å²) in [5.74, 6) is -0.348. The lowest BCUT2D eigenvalue weighted by Gasteiger charge is -2.26. The molecule has 1 aliphatic rings. The molecule has 29 heavy (non-hydrogen) atoms. The molecule has 2 amide bonds. The summed E-state index contributed by atoms with van der Waals surface area (Å²) >= 11 is 0. The van der Waals surface area contributed by atoms with E-state index >= 15 is 0 Å². The van der Waals surface area contributed by atoms with Gasteiger partial charge >= 0.3 is 6.09 Å². The smallest absolute Gasteiger partial charge is 0.407 e. The van der Waals surface area contributed by atoms with E-state index < -0.39 is 21.7 Å². The highest BCUT2D eigenvalue weighted by molar-refractivity contribution is 7.89. The molecule has 1 fully saturated rings. The molecule has 0 spiro atoms. The van der Waals surface area contributed by atoms with Crippen molar-refractivity contribution in [3.63, 3.8) is 0 Å². The third-order valence-electron chi connectivity index (χ3n) is 4.08. The van der Waals surface area contributed by atoms with Gasteiger partial charge in [0.05, 0.1) is 18.1 Å². The van der Waals surface area contributed by atoms with Gasteiger partial charge in [0.2, 0.25) is 15.9 Å². The zero-order valence-electron chi connectivity index (χ0n) is 17.3. The molecule has 162 valence electrons. The average Bonchev–Trinajstić information content (AvgIpc) is 2.62. The summed E-state index contributed by atoms with van der Waals surface area (Å²) in [7, 11) is -3.67. The van der Waals surface area contributed by atoms with Gasteiger partial charge in [0, 0.05) is 31.7 Å². The van der Waals surface area contributed by atoms with Crippen molar-refractivity contribution in [2.45, 2.75) is 44.6 Å². The summed E-state index contributed by atoms with van der Waals surface area (Å²) in [6, 6.07) is 4.76. The molecule has 1 aromatic carbocycles. The first kappa shape index (κ1) is 23.1. The van der Waals surface area contributed by atoms with E-state index in [2.05, 4.69) is 10.6 Å². The molecule has 0 atom stereocenters.